The van der Waals surface area contributed by atoms with Crippen molar-refractivity contribution in [3.05, 3.63) is 23.8 Å². The highest BCUT2D eigenvalue weighted by molar-refractivity contribution is 5.69. The Balaban J connectivity index is 2.21. The Kier molecular flexibility index (Phi) is 4.45. The second-order valence-corrected chi connectivity index (χ2v) is 7.03. The lowest BCUT2D eigenvalue weighted by atomic mass is 10.1. The maximum absolute atomic E-state index is 13.2. The van der Waals surface area contributed by atoms with Gasteiger partial charge in [-0.3, -0.25) is 0 Å². The molecule has 1 aromatic rings. The van der Waals surface area contributed by atoms with E-state index in [0.717, 1.165) is 18.8 Å². The van der Waals surface area contributed by atoms with E-state index in [1.54, 1.807) is 6.07 Å². The lowest BCUT2D eigenvalue weighted by molar-refractivity contribution is 0.112. The first-order valence-corrected chi connectivity index (χ1v) is 7.73. The standard InChI is InChI=1S/C17H26F2N2/c1-11(2)9-21(10-12(3)4)16-6-5-13(7-15(16)20)14-8-17(14,18)19/h5-7,11-12,14H,8-10,20H2,1-4H3. The highest BCUT2D eigenvalue weighted by atomic mass is 19.3. The van der Waals surface area contributed by atoms with Crippen LogP contribution in [0.4, 0.5) is 20.2 Å². The molecule has 0 aromatic heterocycles. The van der Waals surface area contributed by atoms with Gasteiger partial charge in [0.1, 0.15) is 0 Å². The van der Waals surface area contributed by atoms with E-state index in [4.69, 9.17) is 5.73 Å². The maximum atomic E-state index is 13.2. The van der Waals surface area contributed by atoms with E-state index in [2.05, 4.69) is 32.6 Å². The zero-order chi connectivity index (χ0) is 15.8. The van der Waals surface area contributed by atoms with Crippen LogP contribution in [-0.4, -0.2) is 19.0 Å². The summed E-state index contributed by atoms with van der Waals surface area (Å²) in [6.45, 7) is 10.5. The molecule has 0 heterocycles. The molecule has 21 heavy (non-hydrogen) atoms. The Labute approximate surface area is 126 Å². The molecule has 0 bridgehead atoms. The molecule has 2 nitrogen and oxygen atoms in total. The third-order valence-electron chi connectivity index (χ3n) is 3.79. The number of nitrogens with zero attached hydrogens (tertiary/aromatic N) is 1. The Morgan fingerprint density at radius 3 is 2.10 bits per heavy atom. The lowest BCUT2D eigenvalue weighted by Crippen LogP contribution is -2.31. The second kappa shape index (κ2) is 5.82. The zero-order valence-electron chi connectivity index (χ0n) is 13.4. The van der Waals surface area contributed by atoms with E-state index in [0.29, 0.717) is 23.1 Å². The number of benzene rings is 1. The topological polar surface area (TPSA) is 29.3 Å². The van der Waals surface area contributed by atoms with Crippen molar-refractivity contribution in [1.82, 2.24) is 0 Å². The Morgan fingerprint density at radius 2 is 1.71 bits per heavy atom. The van der Waals surface area contributed by atoms with Crippen LogP contribution >= 0.6 is 0 Å². The molecule has 1 saturated carbocycles. The quantitative estimate of drug-likeness (QED) is 0.783. The summed E-state index contributed by atoms with van der Waals surface area (Å²) in [7, 11) is 0. The van der Waals surface area contributed by atoms with E-state index in [1.807, 2.05) is 12.1 Å². The number of alkyl halides is 2. The van der Waals surface area contributed by atoms with Crippen LogP contribution in [0.15, 0.2) is 18.2 Å². The van der Waals surface area contributed by atoms with Gasteiger partial charge in [0.05, 0.1) is 17.3 Å². The Morgan fingerprint density at radius 1 is 1.19 bits per heavy atom. The van der Waals surface area contributed by atoms with E-state index < -0.39 is 11.8 Å². The second-order valence-electron chi connectivity index (χ2n) is 7.03. The minimum absolute atomic E-state index is 0.0481. The summed E-state index contributed by atoms with van der Waals surface area (Å²) >= 11 is 0. The molecule has 1 fully saturated rings. The molecule has 0 saturated heterocycles. The summed E-state index contributed by atoms with van der Waals surface area (Å²) in [6.07, 6.45) is -0.0481. The predicted molar refractivity (Wildman–Crippen MR) is 85.0 cm³/mol. The molecule has 0 amide bonds. The molecule has 0 spiro atoms. The molecule has 1 atom stereocenters. The molecule has 4 heteroatoms. The van der Waals surface area contributed by atoms with E-state index in [9.17, 15) is 8.78 Å². The average molecular weight is 296 g/mol. The third-order valence-corrected chi connectivity index (χ3v) is 3.79. The maximum Gasteiger partial charge on any atom is 0.255 e. The number of halogens is 2. The first-order valence-electron chi connectivity index (χ1n) is 7.73. The number of anilines is 2. The summed E-state index contributed by atoms with van der Waals surface area (Å²) in [5, 5.41) is 0. The Bertz CT molecular complexity index is 488. The highest BCUT2D eigenvalue weighted by Gasteiger charge is 2.57. The van der Waals surface area contributed by atoms with Crippen molar-refractivity contribution < 1.29 is 8.78 Å². The molecule has 118 valence electrons. The molecule has 1 unspecified atom stereocenters. The van der Waals surface area contributed by atoms with Crippen molar-refractivity contribution in [2.75, 3.05) is 23.7 Å². The van der Waals surface area contributed by atoms with E-state index in [1.165, 1.54) is 0 Å². The van der Waals surface area contributed by atoms with Gasteiger partial charge in [0.2, 0.25) is 0 Å². The van der Waals surface area contributed by atoms with Crippen molar-refractivity contribution in [2.24, 2.45) is 11.8 Å². The number of hydrogen-bond acceptors (Lipinski definition) is 2. The minimum Gasteiger partial charge on any atom is -0.397 e. The monoisotopic (exact) mass is 296 g/mol. The lowest BCUT2D eigenvalue weighted by Gasteiger charge is -2.29. The summed E-state index contributed by atoms with van der Waals surface area (Å²) in [5.74, 6) is -2.13. The first kappa shape index (κ1) is 16.1. The number of rotatable bonds is 6. The molecule has 1 aliphatic carbocycles. The SMILES string of the molecule is CC(C)CN(CC(C)C)c1ccc(C2CC2(F)F)cc1N. The fourth-order valence-corrected chi connectivity index (χ4v) is 2.81. The number of nitrogens with two attached hydrogens (primary N) is 1. The molecule has 0 aliphatic heterocycles. The first-order chi connectivity index (χ1) is 9.70. The van der Waals surface area contributed by atoms with Gasteiger partial charge < -0.3 is 10.6 Å². The molecule has 2 rings (SSSR count). The van der Waals surface area contributed by atoms with Crippen molar-refractivity contribution in [3.8, 4) is 0 Å². The van der Waals surface area contributed by atoms with Gasteiger partial charge in [0, 0.05) is 19.5 Å². The van der Waals surface area contributed by atoms with Crippen LogP contribution in [0.5, 0.6) is 0 Å². The van der Waals surface area contributed by atoms with Crippen LogP contribution in [0, 0.1) is 11.8 Å². The molecule has 0 radical (unpaired) electrons. The van der Waals surface area contributed by atoms with Crippen LogP contribution < -0.4 is 10.6 Å². The van der Waals surface area contributed by atoms with Crippen molar-refractivity contribution >= 4 is 11.4 Å². The molecular formula is C17H26F2N2. The fourth-order valence-electron chi connectivity index (χ4n) is 2.81. The Hall–Kier alpha value is -1.32. The largest absolute Gasteiger partial charge is 0.397 e. The summed E-state index contributed by atoms with van der Waals surface area (Å²) < 4.78 is 26.3. The smallest absolute Gasteiger partial charge is 0.255 e. The number of nitrogen functional groups attached to an aromatic ring is 1. The average Bonchev–Trinajstić information content (AvgIpc) is 2.96. The zero-order valence-corrected chi connectivity index (χ0v) is 13.4. The van der Waals surface area contributed by atoms with Gasteiger partial charge >= 0.3 is 0 Å². The number of hydrogen-bond donors (Lipinski definition) is 1. The minimum atomic E-state index is -2.54. The van der Waals surface area contributed by atoms with Gasteiger partial charge in [-0.05, 0) is 29.5 Å². The molecular weight excluding hydrogens is 270 g/mol. The van der Waals surface area contributed by atoms with Crippen LogP contribution in [0.3, 0.4) is 0 Å². The van der Waals surface area contributed by atoms with Gasteiger partial charge in [0.15, 0.2) is 0 Å². The van der Waals surface area contributed by atoms with Gasteiger partial charge in [-0.2, -0.15) is 0 Å². The van der Waals surface area contributed by atoms with Gasteiger partial charge in [0.25, 0.3) is 5.92 Å². The van der Waals surface area contributed by atoms with Gasteiger partial charge in [-0.1, -0.05) is 33.8 Å². The third kappa shape index (κ3) is 3.86. The van der Waals surface area contributed by atoms with Crippen molar-refractivity contribution in [1.29, 1.82) is 0 Å². The van der Waals surface area contributed by atoms with E-state index >= 15 is 0 Å². The van der Waals surface area contributed by atoms with Gasteiger partial charge in [-0.15, -0.1) is 0 Å². The van der Waals surface area contributed by atoms with Crippen LogP contribution in [-0.2, 0) is 0 Å². The molecule has 2 N–H and O–H groups in total. The van der Waals surface area contributed by atoms with Crippen LogP contribution in [0.2, 0.25) is 0 Å². The van der Waals surface area contributed by atoms with Crippen LogP contribution in [0.1, 0.15) is 45.6 Å². The van der Waals surface area contributed by atoms with Crippen molar-refractivity contribution in [3.63, 3.8) is 0 Å². The van der Waals surface area contributed by atoms with Gasteiger partial charge in [-0.25, -0.2) is 8.78 Å². The predicted octanol–water partition coefficient (Wildman–Crippen LogP) is 4.51. The normalized spacial score (nSPS) is 20.1. The summed E-state index contributed by atoms with van der Waals surface area (Å²) in [4.78, 5) is 2.26. The van der Waals surface area contributed by atoms with Crippen molar-refractivity contribution in [2.45, 2.75) is 46.0 Å². The van der Waals surface area contributed by atoms with Crippen LogP contribution in [0.25, 0.3) is 0 Å². The van der Waals surface area contributed by atoms with E-state index in [-0.39, 0.29) is 6.42 Å². The fraction of sp³-hybridized carbons (Fsp3) is 0.647. The summed E-state index contributed by atoms with van der Waals surface area (Å²) in [5.41, 5.74) is 8.37. The summed E-state index contributed by atoms with van der Waals surface area (Å²) in [6, 6.07) is 5.45. The molecule has 1 aliphatic rings. The molecule has 1 aromatic carbocycles. The highest BCUT2D eigenvalue weighted by Crippen LogP contribution is 2.56.